The number of esters is 1. The fourth-order valence-corrected chi connectivity index (χ4v) is 3.11. The van der Waals surface area contributed by atoms with Crippen LogP contribution >= 0.6 is 0 Å². The van der Waals surface area contributed by atoms with Gasteiger partial charge in [-0.3, -0.25) is 4.98 Å². The molecule has 2 heterocycles. The molecule has 1 aromatic carbocycles. The second kappa shape index (κ2) is 5.96. The Morgan fingerprint density at radius 1 is 1.29 bits per heavy atom. The highest BCUT2D eigenvalue weighted by molar-refractivity contribution is 6.04. The molecule has 128 valence electrons. The van der Waals surface area contributed by atoms with Gasteiger partial charge in [-0.1, -0.05) is 6.92 Å². The van der Waals surface area contributed by atoms with Crippen LogP contribution in [0.3, 0.4) is 0 Å². The standard InChI is InChI=1S/C17H17F3N2O2/c1-17(14(18)15(19)20)8-22(9-17)10-3-4-13-12(7-10)11(5-6-21-13)16(23)24-2/h3-7,14-15H,8-9H2,1-2H3. The molecule has 0 saturated carbocycles. The smallest absolute Gasteiger partial charge is 0.338 e. The van der Waals surface area contributed by atoms with Gasteiger partial charge in [0.25, 0.3) is 6.43 Å². The van der Waals surface area contributed by atoms with Crippen molar-refractivity contribution in [3.8, 4) is 0 Å². The quantitative estimate of drug-likeness (QED) is 0.801. The SMILES string of the molecule is COC(=O)c1ccnc2ccc(N3CC(C)(C(F)C(F)F)C3)cc12. The number of benzene rings is 1. The van der Waals surface area contributed by atoms with E-state index in [-0.39, 0.29) is 13.1 Å². The number of pyridine rings is 1. The lowest BCUT2D eigenvalue weighted by Gasteiger charge is -2.50. The molecule has 1 aliphatic heterocycles. The summed E-state index contributed by atoms with van der Waals surface area (Å²) in [5.74, 6) is -0.477. The van der Waals surface area contributed by atoms with E-state index in [9.17, 15) is 18.0 Å². The van der Waals surface area contributed by atoms with E-state index >= 15 is 0 Å². The van der Waals surface area contributed by atoms with E-state index in [1.165, 1.54) is 20.2 Å². The minimum absolute atomic E-state index is 0.192. The lowest BCUT2D eigenvalue weighted by atomic mass is 9.77. The highest BCUT2D eigenvalue weighted by Gasteiger charge is 2.49. The molecule has 3 rings (SSSR count). The molecule has 0 amide bonds. The predicted molar refractivity (Wildman–Crippen MR) is 84.3 cm³/mol. The number of alkyl halides is 3. The van der Waals surface area contributed by atoms with E-state index in [4.69, 9.17) is 4.74 Å². The van der Waals surface area contributed by atoms with Crippen LogP contribution in [0.15, 0.2) is 30.5 Å². The van der Waals surface area contributed by atoms with Crippen molar-refractivity contribution >= 4 is 22.6 Å². The maximum Gasteiger partial charge on any atom is 0.338 e. The number of anilines is 1. The number of halogens is 3. The molecule has 7 heteroatoms. The van der Waals surface area contributed by atoms with Crippen LogP contribution in [0.4, 0.5) is 18.9 Å². The normalized spacial score (nSPS) is 17.7. The second-order valence-electron chi connectivity index (χ2n) is 6.30. The van der Waals surface area contributed by atoms with E-state index in [0.29, 0.717) is 16.5 Å². The summed E-state index contributed by atoms with van der Waals surface area (Å²) in [6.07, 6.45) is -3.61. The number of methoxy groups -OCH3 is 1. The summed E-state index contributed by atoms with van der Waals surface area (Å²) in [6.45, 7) is 1.90. The first-order valence-corrected chi connectivity index (χ1v) is 7.50. The van der Waals surface area contributed by atoms with E-state index in [1.54, 1.807) is 24.3 Å². The van der Waals surface area contributed by atoms with Crippen LogP contribution in [-0.4, -0.2) is 43.7 Å². The van der Waals surface area contributed by atoms with Gasteiger partial charge in [-0.2, -0.15) is 0 Å². The third-order valence-corrected chi connectivity index (χ3v) is 4.49. The van der Waals surface area contributed by atoms with Crippen molar-refractivity contribution in [2.24, 2.45) is 5.41 Å². The number of aromatic nitrogens is 1. The van der Waals surface area contributed by atoms with Gasteiger partial charge in [-0.15, -0.1) is 0 Å². The predicted octanol–water partition coefficient (Wildman–Crippen LogP) is 3.45. The average Bonchev–Trinajstić information content (AvgIpc) is 2.56. The van der Waals surface area contributed by atoms with Crippen LogP contribution in [0.2, 0.25) is 0 Å². The van der Waals surface area contributed by atoms with Crippen LogP contribution < -0.4 is 4.90 Å². The van der Waals surface area contributed by atoms with Gasteiger partial charge in [0.05, 0.1) is 18.2 Å². The van der Waals surface area contributed by atoms with Crippen LogP contribution in [0.25, 0.3) is 10.9 Å². The Balaban J connectivity index is 1.89. The Morgan fingerprint density at radius 2 is 2.00 bits per heavy atom. The first-order valence-electron chi connectivity index (χ1n) is 7.50. The topological polar surface area (TPSA) is 42.4 Å². The summed E-state index contributed by atoms with van der Waals surface area (Å²) in [5.41, 5.74) is 0.674. The molecule has 2 aromatic rings. The first-order chi connectivity index (χ1) is 11.4. The minimum Gasteiger partial charge on any atom is -0.465 e. The van der Waals surface area contributed by atoms with Crippen LogP contribution in [-0.2, 0) is 4.74 Å². The largest absolute Gasteiger partial charge is 0.465 e. The van der Waals surface area contributed by atoms with Gasteiger partial charge in [0.2, 0.25) is 0 Å². The third kappa shape index (κ3) is 2.68. The molecule has 0 N–H and O–H groups in total. The Hall–Kier alpha value is -2.31. The zero-order valence-corrected chi connectivity index (χ0v) is 13.3. The molecule has 1 atom stereocenters. The molecule has 1 aromatic heterocycles. The molecule has 1 aliphatic rings. The van der Waals surface area contributed by atoms with Crippen LogP contribution in [0.1, 0.15) is 17.3 Å². The summed E-state index contributed by atoms with van der Waals surface area (Å²) in [6, 6.07) is 6.84. The van der Waals surface area contributed by atoms with Crippen molar-refractivity contribution in [1.82, 2.24) is 4.98 Å². The van der Waals surface area contributed by atoms with Crippen LogP contribution in [0, 0.1) is 5.41 Å². The highest BCUT2D eigenvalue weighted by Crippen LogP contribution is 2.41. The number of ether oxygens (including phenoxy) is 1. The lowest BCUT2D eigenvalue weighted by molar-refractivity contribution is -0.0369. The van der Waals surface area contributed by atoms with E-state index in [1.807, 2.05) is 4.90 Å². The average molecular weight is 338 g/mol. The second-order valence-corrected chi connectivity index (χ2v) is 6.30. The molecular weight excluding hydrogens is 321 g/mol. The minimum atomic E-state index is -2.98. The number of hydrogen-bond acceptors (Lipinski definition) is 4. The monoisotopic (exact) mass is 338 g/mol. The zero-order valence-electron chi connectivity index (χ0n) is 13.3. The van der Waals surface area contributed by atoms with Gasteiger partial charge in [-0.05, 0) is 24.3 Å². The Morgan fingerprint density at radius 3 is 2.62 bits per heavy atom. The zero-order chi connectivity index (χ0) is 17.5. The van der Waals surface area contributed by atoms with Gasteiger partial charge in [0.15, 0.2) is 6.17 Å². The van der Waals surface area contributed by atoms with Crippen molar-refractivity contribution in [2.45, 2.75) is 19.5 Å². The van der Waals surface area contributed by atoms with Gasteiger partial charge < -0.3 is 9.64 Å². The molecule has 1 fully saturated rings. The van der Waals surface area contributed by atoms with Gasteiger partial charge in [-0.25, -0.2) is 18.0 Å². The van der Waals surface area contributed by atoms with Crippen molar-refractivity contribution in [2.75, 3.05) is 25.1 Å². The maximum absolute atomic E-state index is 13.7. The molecule has 4 nitrogen and oxygen atoms in total. The molecule has 24 heavy (non-hydrogen) atoms. The molecule has 0 bridgehead atoms. The molecule has 1 unspecified atom stereocenters. The first kappa shape index (κ1) is 16.5. The van der Waals surface area contributed by atoms with E-state index in [2.05, 4.69) is 4.98 Å². The van der Waals surface area contributed by atoms with E-state index < -0.39 is 24.0 Å². The fraction of sp³-hybridized carbons (Fsp3) is 0.412. The molecule has 0 aliphatic carbocycles. The fourth-order valence-electron chi connectivity index (χ4n) is 3.11. The van der Waals surface area contributed by atoms with Gasteiger partial charge in [0.1, 0.15) is 0 Å². The van der Waals surface area contributed by atoms with Crippen molar-refractivity contribution < 1.29 is 22.7 Å². The summed E-state index contributed by atoms with van der Waals surface area (Å²) in [7, 11) is 1.30. The number of hydrogen-bond donors (Lipinski definition) is 0. The molecular formula is C17H17F3N2O2. The molecule has 1 saturated heterocycles. The van der Waals surface area contributed by atoms with Crippen molar-refractivity contribution in [1.29, 1.82) is 0 Å². The Labute approximate surface area is 137 Å². The van der Waals surface area contributed by atoms with Crippen molar-refractivity contribution in [3.05, 3.63) is 36.0 Å². The number of rotatable bonds is 4. The van der Waals surface area contributed by atoms with Gasteiger partial charge >= 0.3 is 5.97 Å². The Bertz CT molecular complexity index is 776. The third-order valence-electron chi connectivity index (χ3n) is 4.49. The molecule has 0 radical (unpaired) electrons. The maximum atomic E-state index is 13.7. The van der Waals surface area contributed by atoms with E-state index in [0.717, 1.165) is 5.69 Å². The number of fused-ring (bicyclic) bond motifs is 1. The summed E-state index contributed by atoms with van der Waals surface area (Å²) in [5, 5.41) is 0.612. The number of carbonyl (C=O) groups excluding carboxylic acids is 1. The molecule has 0 spiro atoms. The lowest BCUT2D eigenvalue weighted by Crippen LogP contribution is -2.61. The number of nitrogens with zero attached hydrogens (tertiary/aromatic N) is 2. The Kier molecular flexibility index (Phi) is 4.11. The summed E-state index contributed by atoms with van der Waals surface area (Å²) in [4.78, 5) is 17.9. The number of carbonyl (C=O) groups is 1. The summed E-state index contributed by atoms with van der Waals surface area (Å²) < 4.78 is 43.6. The van der Waals surface area contributed by atoms with Crippen molar-refractivity contribution in [3.63, 3.8) is 0 Å². The summed E-state index contributed by atoms with van der Waals surface area (Å²) >= 11 is 0. The van der Waals surface area contributed by atoms with Crippen LogP contribution in [0.5, 0.6) is 0 Å². The van der Waals surface area contributed by atoms with Gasteiger partial charge in [0, 0.05) is 35.8 Å². The highest BCUT2D eigenvalue weighted by atomic mass is 19.3.